The minimum Gasteiger partial charge on any atom is -0.490 e. The lowest BCUT2D eigenvalue weighted by Crippen LogP contribution is -2.44. The normalized spacial score (nSPS) is 12.9. The Morgan fingerprint density at radius 2 is 1.83 bits per heavy atom. The third kappa shape index (κ3) is 6.95. The molecule has 1 heterocycles. The second kappa shape index (κ2) is 12.0. The van der Waals surface area contributed by atoms with E-state index in [0.717, 1.165) is 0 Å². The number of carboxylic acids is 1. The molecule has 190 valence electrons. The Balaban J connectivity index is 1.78. The highest BCUT2D eigenvalue weighted by atomic mass is 35.5. The molecule has 3 amide bonds. The summed E-state index contributed by atoms with van der Waals surface area (Å²) >= 11 is 6.36. The first kappa shape index (κ1) is 26.5. The summed E-state index contributed by atoms with van der Waals surface area (Å²) < 4.78 is 10.3. The predicted octanol–water partition coefficient (Wildman–Crippen LogP) is 1.47. The summed E-state index contributed by atoms with van der Waals surface area (Å²) in [6, 6.07) is 11.4. The third-order valence-electron chi connectivity index (χ3n) is 5.13. The van der Waals surface area contributed by atoms with Crippen LogP contribution in [0.4, 0.5) is 5.69 Å². The van der Waals surface area contributed by atoms with Crippen LogP contribution in [-0.4, -0.2) is 72.5 Å². The number of fused-ring (bicyclic) bond motifs is 1. The number of nitrogens with zero attached hydrogens (tertiary/aromatic N) is 2. The quantitative estimate of drug-likeness (QED) is 0.376. The first-order chi connectivity index (χ1) is 17.2. The standard InChI is InChI=1S/C24H24ClN3O8/c1-15(29)35-8-9-36-17-6-7-18(19(25)10-17)24(34)28-14-22(31)27(13-21(30)26-11-23(32)33)12-16-4-2-3-5-20(16)28/h2-7,10H,8-9,11-14H2,1H3,(H,26,30)(H,32,33). The molecule has 2 aromatic rings. The molecule has 2 aromatic carbocycles. The number of ether oxygens (including phenoxy) is 2. The summed E-state index contributed by atoms with van der Waals surface area (Å²) in [6.07, 6.45) is 0. The number of carboxylic acid groups (broad SMARTS) is 1. The topological polar surface area (TPSA) is 143 Å². The number of hydrogen-bond acceptors (Lipinski definition) is 7. The van der Waals surface area contributed by atoms with Crippen molar-refractivity contribution in [2.45, 2.75) is 13.5 Å². The molecule has 0 radical (unpaired) electrons. The third-order valence-corrected chi connectivity index (χ3v) is 5.45. The van der Waals surface area contributed by atoms with Crippen LogP contribution in [0.5, 0.6) is 5.75 Å². The molecule has 1 aliphatic rings. The van der Waals surface area contributed by atoms with E-state index < -0.39 is 36.2 Å². The van der Waals surface area contributed by atoms with Gasteiger partial charge in [-0.1, -0.05) is 29.8 Å². The number of esters is 1. The zero-order valence-corrected chi connectivity index (χ0v) is 20.1. The van der Waals surface area contributed by atoms with E-state index in [1.807, 2.05) is 0 Å². The highest BCUT2D eigenvalue weighted by Crippen LogP contribution is 2.30. The minimum absolute atomic E-state index is 0.0577. The van der Waals surface area contributed by atoms with Gasteiger partial charge in [0.15, 0.2) is 0 Å². The van der Waals surface area contributed by atoms with Crippen molar-refractivity contribution in [3.8, 4) is 5.75 Å². The van der Waals surface area contributed by atoms with Crippen LogP contribution in [0.1, 0.15) is 22.8 Å². The van der Waals surface area contributed by atoms with Gasteiger partial charge >= 0.3 is 11.9 Å². The monoisotopic (exact) mass is 517 g/mol. The molecule has 12 heteroatoms. The smallest absolute Gasteiger partial charge is 0.322 e. The molecule has 2 N–H and O–H groups in total. The Morgan fingerprint density at radius 3 is 2.53 bits per heavy atom. The van der Waals surface area contributed by atoms with Crippen LogP contribution in [-0.2, 0) is 30.5 Å². The summed E-state index contributed by atoms with van der Waals surface area (Å²) in [5, 5.41) is 11.1. The highest BCUT2D eigenvalue weighted by molar-refractivity contribution is 6.34. The highest BCUT2D eigenvalue weighted by Gasteiger charge is 2.31. The van der Waals surface area contributed by atoms with Gasteiger partial charge in [0.25, 0.3) is 5.91 Å². The van der Waals surface area contributed by atoms with Crippen molar-refractivity contribution in [2.24, 2.45) is 0 Å². The Morgan fingerprint density at radius 1 is 1.08 bits per heavy atom. The summed E-state index contributed by atoms with van der Waals surface area (Å²) in [5.41, 5.74) is 1.26. The molecule has 36 heavy (non-hydrogen) atoms. The van der Waals surface area contributed by atoms with Crippen molar-refractivity contribution in [3.63, 3.8) is 0 Å². The van der Waals surface area contributed by atoms with E-state index >= 15 is 0 Å². The van der Waals surface area contributed by atoms with Gasteiger partial charge in [-0.3, -0.25) is 28.9 Å². The lowest BCUT2D eigenvalue weighted by Gasteiger charge is -2.23. The summed E-state index contributed by atoms with van der Waals surface area (Å²) in [7, 11) is 0. The number of carbonyl (C=O) groups is 5. The fourth-order valence-electron chi connectivity index (χ4n) is 3.50. The molecule has 0 saturated carbocycles. The van der Waals surface area contributed by atoms with Crippen molar-refractivity contribution in [2.75, 3.05) is 37.7 Å². The van der Waals surface area contributed by atoms with E-state index in [9.17, 15) is 24.0 Å². The predicted molar refractivity (Wildman–Crippen MR) is 128 cm³/mol. The fourth-order valence-corrected chi connectivity index (χ4v) is 3.75. The van der Waals surface area contributed by atoms with Gasteiger partial charge in [-0.15, -0.1) is 0 Å². The minimum atomic E-state index is -1.20. The Kier molecular flexibility index (Phi) is 8.85. The van der Waals surface area contributed by atoms with Gasteiger partial charge < -0.3 is 24.8 Å². The van der Waals surface area contributed by atoms with Gasteiger partial charge in [0, 0.05) is 19.2 Å². The van der Waals surface area contributed by atoms with E-state index in [-0.39, 0.29) is 43.4 Å². The molecule has 0 fully saturated rings. The number of rotatable bonds is 9. The zero-order valence-electron chi connectivity index (χ0n) is 19.4. The lowest BCUT2D eigenvalue weighted by molar-refractivity contribution is -0.141. The van der Waals surface area contributed by atoms with Crippen molar-refractivity contribution in [1.29, 1.82) is 0 Å². The van der Waals surface area contributed by atoms with Gasteiger partial charge in [0.05, 0.1) is 17.1 Å². The van der Waals surface area contributed by atoms with Crippen LogP contribution in [0.15, 0.2) is 42.5 Å². The molecule has 0 spiro atoms. The van der Waals surface area contributed by atoms with Crippen LogP contribution >= 0.6 is 11.6 Å². The number of benzene rings is 2. The number of hydrogen-bond donors (Lipinski definition) is 2. The van der Waals surface area contributed by atoms with Gasteiger partial charge in [-0.2, -0.15) is 0 Å². The maximum absolute atomic E-state index is 13.5. The maximum Gasteiger partial charge on any atom is 0.322 e. The average Bonchev–Trinajstić information content (AvgIpc) is 2.96. The Bertz CT molecular complexity index is 1190. The molecular formula is C24H24ClN3O8. The number of halogens is 1. The van der Waals surface area contributed by atoms with Crippen LogP contribution < -0.4 is 15.0 Å². The van der Waals surface area contributed by atoms with Gasteiger partial charge in [0.1, 0.15) is 32.1 Å². The molecular weight excluding hydrogens is 494 g/mol. The number of anilines is 1. The van der Waals surface area contributed by atoms with Crippen LogP contribution in [0, 0.1) is 0 Å². The summed E-state index contributed by atoms with van der Waals surface area (Å²) in [4.78, 5) is 62.6. The summed E-state index contributed by atoms with van der Waals surface area (Å²) in [5.74, 6) is -2.91. The van der Waals surface area contributed by atoms with E-state index in [1.165, 1.54) is 34.9 Å². The van der Waals surface area contributed by atoms with E-state index in [4.69, 9.17) is 26.2 Å². The van der Waals surface area contributed by atoms with Crippen LogP contribution in [0.2, 0.25) is 5.02 Å². The molecule has 0 unspecified atom stereocenters. The first-order valence-corrected chi connectivity index (χ1v) is 11.2. The maximum atomic E-state index is 13.5. The second-order valence-electron chi connectivity index (χ2n) is 7.77. The second-order valence-corrected chi connectivity index (χ2v) is 8.18. The fraction of sp³-hybridized carbons (Fsp3) is 0.292. The Hall–Kier alpha value is -4.12. The molecule has 0 saturated heterocycles. The largest absolute Gasteiger partial charge is 0.490 e. The number of carbonyl (C=O) groups excluding carboxylic acids is 4. The van der Waals surface area contributed by atoms with Gasteiger partial charge in [0.2, 0.25) is 11.8 Å². The van der Waals surface area contributed by atoms with Gasteiger partial charge in [-0.05, 0) is 29.8 Å². The van der Waals surface area contributed by atoms with Crippen molar-refractivity contribution < 1.29 is 38.6 Å². The van der Waals surface area contributed by atoms with Crippen LogP contribution in [0.25, 0.3) is 0 Å². The SMILES string of the molecule is CC(=O)OCCOc1ccc(C(=O)N2CC(=O)N(CC(=O)NCC(=O)O)Cc3ccccc32)c(Cl)c1. The lowest BCUT2D eigenvalue weighted by atomic mass is 10.1. The van der Waals surface area contributed by atoms with Crippen LogP contribution in [0.3, 0.4) is 0 Å². The molecule has 1 aliphatic heterocycles. The first-order valence-electron chi connectivity index (χ1n) is 10.9. The van der Waals surface area contributed by atoms with Crippen molar-refractivity contribution >= 4 is 46.9 Å². The number of amides is 3. The molecule has 0 aromatic heterocycles. The van der Waals surface area contributed by atoms with Crippen molar-refractivity contribution in [3.05, 3.63) is 58.6 Å². The average molecular weight is 518 g/mol. The molecule has 0 aliphatic carbocycles. The molecule has 11 nitrogen and oxygen atoms in total. The zero-order chi connectivity index (χ0) is 26.2. The van der Waals surface area contributed by atoms with E-state index in [2.05, 4.69) is 5.32 Å². The number of nitrogens with one attached hydrogen (secondary N) is 1. The van der Waals surface area contributed by atoms with E-state index in [1.54, 1.807) is 24.3 Å². The molecule has 3 rings (SSSR count). The van der Waals surface area contributed by atoms with E-state index in [0.29, 0.717) is 17.0 Å². The molecule has 0 bridgehead atoms. The molecule has 0 atom stereocenters. The summed E-state index contributed by atoms with van der Waals surface area (Å²) in [6.45, 7) is 0.239. The number of para-hydroxylation sites is 1. The van der Waals surface area contributed by atoms with Crippen molar-refractivity contribution in [1.82, 2.24) is 10.2 Å². The Labute approximate surface area is 211 Å². The van der Waals surface area contributed by atoms with Gasteiger partial charge in [-0.25, -0.2) is 0 Å². The number of aliphatic carboxylic acids is 1.